The minimum absolute atomic E-state index is 0.282. The summed E-state index contributed by atoms with van der Waals surface area (Å²) < 4.78 is 0. The number of hydrogen-bond acceptors (Lipinski definition) is 3. The molecule has 2 aromatic carbocycles. The van der Waals surface area contributed by atoms with Gasteiger partial charge < -0.3 is 5.11 Å². The standard InChI is InChI=1S/C18H16N2O2/c1-13(21)20-16-11-7-6-10-15(16)17(2,22)18(20,12-19)14-8-4-3-5-9-14/h3-11,22H,1-2H3. The highest BCUT2D eigenvalue weighted by Gasteiger charge is 2.62. The van der Waals surface area contributed by atoms with Gasteiger partial charge in [-0.25, -0.2) is 0 Å². The molecule has 0 spiro atoms. The molecule has 0 aliphatic carbocycles. The highest BCUT2D eigenvalue weighted by atomic mass is 16.3. The first-order valence-electron chi connectivity index (χ1n) is 7.06. The highest BCUT2D eigenvalue weighted by Crippen LogP contribution is 2.55. The van der Waals surface area contributed by atoms with Gasteiger partial charge in [0.05, 0.1) is 11.8 Å². The summed E-state index contributed by atoms with van der Waals surface area (Å²) in [6.07, 6.45) is 0. The van der Waals surface area contributed by atoms with Crippen LogP contribution in [0, 0.1) is 11.3 Å². The third kappa shape index (κ3) is 1.57. The van der Waals surface area contributed by atoms with Crippen molar-refractivity contribution >= 4 is 11.6 Å². The first-order valence-corrected chi connectivity index (χ1v) is 7.06. The third-order valence-corrected chi connectivity index (χ3v) is 4.38. The van der Waals surface area contributed by atoms with Crippen LogP contribution in [0.15, 0.2) is 54.6 Å². The van der Waals surface area contributed by atoms with Gasteiger partial charge in [0.25, 0.3) is 0 Å². The molecule has 0 fully saturated rings. The van der Waals surface area contributed by atoms with Crippen molar-refractivity contribution in [3.05, 3.63) is 65.7 Å². The number of fused-ring (bicyclic) bond motifs is 1. The van der Waals surface area contributed by atoms with Gasteiger partial charge in [-0.1, -0.05) is 48.5 Å². The monoisotopic (exact) mass is 292 g/mol. The van der Waals surface area contributed by atoms with Crippen LogP contribution in [0.4, 0.5) is 5.69 Å². The van der Waals surface area contributed by atoms with E-state index < -0.39 is 11.1 Å². The molecule has 0 aromatic heterocycles. The van der Waals surface area contributed by atoms with Crippen LogP contribution >= 0.6 is 0 Å². The second-order valence-electron chi connectivity index (χ2n) is 5.63. The molecule has 2 aromatic rings. The summed E-state index contributed by atoms with van der Waals surface area (Å²) in [5.41, 5.74) is -1.25. The number of hydrogen-bond donors (Lipinski definition) is 1. The summed E-state index contributed by atoms with van der Waals surface area (Å²) in [6, 6.07) is 18.3. The second-order valence-corrected chi connectivity index (χ2v) is 5.63. The fraction of sp³-hybridized carbons (Fsp3) is 0.222. The van der Waals surface area contributed by atoms with Gasteiger partial charge in [0.1, 0.15) is 5.60 Å². The molecule has 2 atom stereocenters. The summed E-state index contributed by atoms with van der Waals surface area (Å²) >= 11 is 0. The maximum absolute atomic E-state index is 12.3. The normalized spacial score (nSPS) is 26.4. The van der Waals surface area contributed by atoms with Crippen LogP contribution in [0.25, 0.3) is 0 Å². The first-order chi connectivity index (χ1) is 10.5. The number of aliphatic hydroxyl groups is 1. The second kappa shape index (κ2) is 4.69. The summed E-state index contributed by atoms with van der Waals surface area (Å²) in [5.74, 6) is -0.282. The van der Waals surface area contributed by atoms with Gasteiger partial charge in [0.15, 0.2) is 5.54 Å². The fourth-order valence-corrected chi connectivity index (χ4v) is 3.39. The molecule has 0 saturated carbocycles. The van der Waals surface area contributed by atoms with E-state index in [4.69, 9.17) is 0 Å². The fourth-order valence-electron chi connectivity index (χ4n) is 3.39. The number of para-hydroxylation sites is 1. The van der Waals surface area contributed by atoms with Crippen molar-refractivity contribution in [1.82, 2.24) is 0 Å². The first kappa shape index (κ1) is 14.3. The van der Waals surface area contributed by atoms with Crippen LogP contribution in [0.3, 0.4) is 0 Å². The van der Waals surface area contributed by atoms with E-state index >= 15 is 0 Å². The molecule has 4 nitrogen and oxygen atoms in total. The van der Waals surface area contributed by atoms with E-state index in [-0.39, 0.29) is 5.91 Å². The highest BCUT2D eigenvalue weighted by molar-refractivity contribution is 5.98. The Bertz CT molecular complexity index is 777. The van der Waals surface area contributed by atoms with Crippen LogP contribution < -0.4 is 4.90 Å². The number of carbonyl (C=O) groups is 1. The van der Waals surface area contributed by atoms with Gasteiger partial charge in [0.2, 0.25) is 5.91 Å². The topological polar surface area (TPSA) is 64.3 Å². The Balaban J connectivity index is 2.39. The smallest absolute Gasteiger partial charge is 0.225 e. The lowest BCUT2D eigenvalue weighted by Crippen LogP contribution is -2.55. The molecule has 1 aliphatic rings. The van der Waals surface area contributed by atoms with Crippen LogP contribution in [-0.2, 0) is 15.9 Å². The number of nitriles is 1. The quantitative estimate of drug-likeness (QED) is 0.879. The SMILES string of the molecule is CC(=O)N1c2ccccc2C(C)(O)C1(C#N)c1ccccc1. The van der Waals surface area contributed by atoms with Crippen molar-refractivity contribution in [2.24, 2.45) is 0 Å². The van der Waals surface area contributed by atoms with E-state index in [0.717, 1.165) is 0 Å². The van der Waals surface area contributed by atoms with Gasteiger partial charge in [-0.15, -0.1) is 0 Å². The summed E-state index contributed by atoms with van der Waals surface area (Å²) in [5, 5.41) is 21.2. The van der Waals surface area contributed by atoms with E-state index in [9.17, 15) is 15.2 Å². The Labute approximate surface area is 129 Å². The molecule has 1 N–H and O–H groups in total. The summed E-state index contributed by atoms with van der Waals surface area (Å²) in [4.78, 5) is 13.7. The third-order valence-electron chi connectivity index (χ3n) is 4.38. The molecular weight excluding hydrogens is 276 g/mol. The number of amides is 1. The molecule has 22 heavy (non-hydrogen) atoms. The van der Waals surface area contributed by atoms with Crippen LogP contribution in [0.1, 0.15) is 25.0 Å². The molecule has 1 aliphatic heterocycles. The zero-order chi connectivity index (χ0) is 16.0. The van der Waals surface area contributed by atoms with Gasteiger partial charge in [0, 0.05) is 12.5 Å². The molecular formula is C18H16N2O2. The molecule has 1 amide bonds. The Morgan fingerprint density at radius 1 is 1.14 bits per heavy atom. The van der Waals surface area contributed by atoms with E-state index in [2.05, 4.69) is 6.07 Å². The van der Waals surface area contributed by atoms with Crippen molar-refractivity contribution in [3.63, 3.8) is 0 Å². The molecule has 110 valence electrons. The van der Waals surface area contributed by atoms with Gasteiger partial charge in [-0.3, -0.25) is 9.69 Å². The van der Waals surface area contributed by atoms with Crippen molar-refractivity contribution in [2.75, 3.05) is 4.90 Å². The molecule has 2 unspecified atom stereocenters. The van der Waals surface area contributed by atoms with Gasteiger partial charge >= 0.3 is 0 Å². The minimum Gasteiger partial charge on any atom is -0.381 e. The van der Waals surface area contributed by atoms with Crippen molar-refractivity contribution in [1.29, 1.82) is 5.26 Å². The number of anilines is 1. The predicted octanol–water partition coefficient (Wildman–Crippen LogP) is 2.68. The maximum Gasteiger partial charge on any atom is 0.225 e. The van der Waals surface area contributed by atoms with Crippen molar-refractivity contribution in [3.8, 4) is 6.07 Å². The van der Waals surface area contributed by atoms with Gasteiger partial charge in [-0.05, 0) is 18.6 Å². The maximum atomic E-state index is 12.3. The Morgan fingerprint density at radius 3 is 2.32 bits per heavy atom. The Hall–Kier alpha value is -2.64. The number of carbonyl (C=O) groups excluding carboxylic acids is 1. The minimum atomic E-state index is -1.51. The molecule has 0 radical (unpaired) electrons. The van der Waals surface area contributed by atoms with E-state index in [1.54, 1.807) is 55.5 Å². The molecule has 4 heteroatoms. The zero-order valence-corrected chi connectivity index (χ0v) is 12.4. The van der Waals surface area contributed by atoms with Crippen LogP contribution in [0.2, 0.25) is 0 Å². The Kier molecular flexibility index (Phi) is 3.05. The molecule has 0 bridgehead atoms. The Morgan fingerprint density at radius 2 is 1.73 bits per heavy atom. The zero-order valence-electron chi connectivity index (χ0n) is 12.4. The van der Waals surface area contributed by atoms with E-state index in [1.807, 2.05) is 6.07 Å². The van der Waals surface area contributed by atoms with Gasteiger partial charge in [-0.2, -0.15) is 5.26 Å². The van der Waals surface area contributed by atoms with Crippen LogP contribution in [0.5, 0.6) is 0 Å². The summed E-state index contributed by atoms with van der Waals surface area (Å²) in [7, 11) is 0. The van der Waals surface area contributed by atoms with Crippen LogP contribution in [-0.4, -0.2) is 11.0 Å². The van der Waals surface area contributed by atoms with E-state index in [1.165, 1.54) is 11.8 Å². The lowest BCUT2D eigenvalue weighted by Gasteiger charge is -2.40. The molecule has 0 saturated heterocycles. The largest absolute Gasteiger partial charge is 0.381 e. The molecule has 1 heterocycles. The predicted molar refractivity (Wildman–Crippen MR) is 82.9 cm³/mol. The number of benzene rings is 2. The summed E-state index contributed by atoms with van der Waals surface area (Å²) in [6.45, 7) is 3.00. The lowest BCUT2D eigenvalue weighted by atomic mass is 9.75. The number of rotatable bonds is 1. The average molecular weight is 292 g/mol. The molecule has 3 rings (SSSR count). The van der Waals surface area contributed by atoms with Crippen molar-refractivity contribution < 1.29 is 9.90 Å². The average Bonchev–Trinajstić information content (AvgIpc) is 2.73. The number of nitrogens with zero attached hydrogens (tertiary/aromatic N) is 2. The van der Waals surface area contributed by atoms with E-state index in [0.29, 0.717) is 16.8 Å². The van der Waals surface area contributed by atoms with Crippen molar-refractivity contribution in [2.45, 2.75) is 25.0 Å². The lowest BCUT2D eigenvalue weighted by molar-refractivity contribution is -0.119.